The molecule has 3 heterocycles. The van der Waals surface area contributed by atoms with Crippen LogP contribution in [0.25, 0.3) is 10.9 Å². The van der Waals surface area contributed by atoms with Crippen LogP contribution in [0, 0.1) is 35.0 Å². The van der Waals surface area contributed by atoms with Crippen LogP contribution in [0.4, 0.5) is 22.0 Å². The van der Waals surface area contributed by atoms with Crippen LogP contribution in [0.2, 0.25) is 0 Å². The smallest absolute Gasteiger partial charge is 0.200 e. The summed E-state index contributed by atoms with van der Waals surface area (Å²) in [4.78, 5) is 2.40. The fraction of sp³-hybridized carbons (Fsp3) is 0.394. The van der Waals surface area contributed by atoms with Crippen LogP contribution >= 0.6 is 0 Å². The van der Waals surface area contributed by atoms with E-state index in [-0.39, 0.29) is 24.0 Å². The second kappa shape index (κ2) is 8.30. The lowest BCUT2D eigenvalue weighted by molar-refractivity contribution is -0.173. The molecule has 2 aliphatic heterocycles. The molecule has 5 nitrogen and oxygen atoms in total. The topological polar surface area (TPSA) is 57.9 Å². The number of benzene rings is 3. The normalized spacial score (nSPS) is 28.6. The molecule has 5 aliphatic rings. The fourth-order valence-electron chi connectivity index (χ4n) is 8.92. The van der Waals surface area contributed by atoms with E-state index in [1.807, 2.05) is 18.2 Å². The van der Waals surface area contributed by atoms with E-state index < -0.39 is 58.3 Å². The molecule has 222 valence electrons. The highest BCUT2D eigenvalue weighted by atomic mass is 19.2. The Balaban J connectivity index is 1.31. The lowest BCUT2D eigenvalue weighted by Gasteiger charge is -2.63. The van der Waals surface area contributed by atoms with Crippen molar-refractivity contribution in [2.45, 2.75) is 61.8 Å². The molecule has 43 heavy (non-hydrogen) atoms. The van der Waals surface area contributed by atoms with Crippen molar-refractivity contribution >= 4 is 10.9 Å². The first-order valence-corrected chi connectivity index (χ1v) is 14.7. The lowest BCUT2D eigenvalue weighted by atomic mass is 9.49. The minimum Gasteiger partial charge on any atom is -0.504 e. The van der Waals surface area contributed by atoms with Crippen LogP contribution in [0.5, 0.6) is 11.5 Å². The second-order valence-electron chi connectivity index (χ2n) is 12.9. The average Bonchev–Trinajstić information content (AvgIpc) is 3.67. The number of halogens is 5. The molecule has 4 aromatic rings. The van der Waals surface area contributed by atoms with Gasteiger partial charge >= 0.3 is 0 Å². The van der Waals surface area contributed by atoms with Crippen molar-refractivity contribution in [3.63, 3.8) is 0 Å². The third-order valence-corrected chi connectivity index (χ3v) is 10.9. The summed E-state index contributed by atoms with van der Waals surface area (Å²) in [7, 11) is 0. The van der Waals surface area contributed by atoms with Crippen molar-refractivity contribution in [3.05, 3.63) is 93.4 Å². The van der Waals surface area contributed by atoms with Gasteiger partial charge in [-0.25, -0.2) is 22.0 Å². The van der Waals surface area contributed by atoms with Crippen LogP contribution in [0.1, 0.15) is 53.3 Å². The maximum Gasteiger partial charge on any atom is 0.200 e. The summed E-state index contributed by atoms with van der Waals surface area (Å²) in [5, 5.41) is 24.7. The van der Waals surface area contributed by atoms with E-state index in [4.69, 9.17) is 4.74 Å². The number of rotatable bonds is 4. The van der Waals surface area contributed by atoms with Crippen LogP contribution < -0.4 is 4.74 Å². The zero-order chi connectivity index (χ0) is 29.6. The van der Waals surface area contributed by atoms with Gasteiger partial charge in [0.15, 0.2) is 40.9 Å². The molecular formula is C33H27F5N2O3. The van der Waals surface area contributed by atoms with Crippen molar-refractivity contribution in [1.82, 2.24) is 9.47 Å². The van der Waals surface area contributed by atoms with Gasteiger partial charge in [0, 0.05) is 41.0 Å². The van der Waals surface area contributed by atoms with E-state index in [9.17, 15) is 23.4 Å². The Labute approximate surface area is 243 Å². The lowest BCUT2D eigenvalue weighted by Crippen LogP contribution is -2.74. The Morgan fingerprint density at radius 2 is 1.65 bits per heavy atom. The Morgan fingerprint density at radius 3 is 2.40 bits per heavy atom. The number of nitrogens with zero attached hydrogens (tertiary/aromatic N) is 2. The first-order chi connectivity index (χ1) is 20.7. The number of aliphatic hydroxyl groups is 1. The number of aromatic hydroxyl groups is 1. The Morgan fingerprint density at radius 1 is 0.930 bits per heavy atom. The highest BCUT2D eigenvalue weighted by Gasteiger charge is 2.73. The maximum absolute atomic E-state index is 15.1. The van der Waals surface area contributed by atoms with E-state index in [0.29, 0.717) is 41.9 Å². The average molecular weight is 595 g/mol. The SMILES string of the molecule is Oc1ccc2c3c1O[C@H]1c4c(c5ccccc5n4Cc4c(F)c(F)c(F)c(F)c4F)C[C@@]4(O)[C@@H](C2)N(CC2CC2)CC[C@]314. The van der Waals surface area contributed by atoms with Gasteiger partial charge in [-0.3, -0.25) is 4.90 Å². The summed E-state index contributed by atoms with van der Waals surface area (Å²) < 4.78 is 80.9. The Kier molecular flexibility index (Phi) is 4.98. The molecule has 2 N–H and O–H groups in total. The molecule has 1 aromatic heterocycles. The number of piperidine rings is 1. The minimum atomic E-state index is -2.20. The number of hydrogen-bond donors (Lipinski definition) is 2. The van der Waals surface area contributed by atoms with Crippen molar-refractivity contribution in [1.29, 1.82) is 0 Å². The molecule has 3 aliphatic carbocycles. The monoisotopic (exact) mass is 594 g/mol. The Hall–Kier alpha value is -3.63. The van der Waals surface area contributed by atoms with Gasteiger partial charge in [-0.15, -0.1) is 0 Å². The molecule has 3 aromatic carbocycles. The molecule has 0 amide bonds. The number of likely N-dealkylation sites (tertiary alicyclic amines) is 1. The summed E-state index contributed by atoms with van der Waals surface area (Å²) in [6.45, 7) is 0.956. The standard InChI is InChI=1S/C33H27F5N2O3/c34-24-19(25(35)27(37)28(38)26(24)36)14-40-20-4-2-1-3-17(20)18-12-33(42)22-11-16-7-8-21(41)30-23(16)32(33,31(43-30)29(18)40)9-10-39(22)13-15-5-6-15/h1-4,7-8,15,22,31,41-42H,5-6,9-14H2/t22-,31+,32+,33-/m1/s1. The highest BCUT2D eigenvalue weighted by Crippen LogP contribution is 2.69. The first kappa shape index (κ1) is 25.8. The number of para-hydroxylation sites is 1. The molecule has 0 unspecified atom stereocenters. The van der Waals surface area contributed by atoms with Crippen LogP contribution in [-0.2, 0) is 24.8 Å². The number of ether oxygens (including phenoxy) is 1. The largest absolute Gasteiger partial charge is 0.504 e. The van der Waals surface area contributed by atoms with Gasteiger partial charge in [0.25, 0.3) is 0 Å². The van der Waals surface area contributed by atoms with E-state index >= 15 is 8.78 Å². The number of aromatic nitrogens is 1. The third kappa shape index (κ3) is 3.03. The van der Waals surface area contributed by atoms with Gasteiger partial charge in [-0.1, -0.05) is 24.3 Å². The van der Waals surface area contributed by atoms with Crippen molar-refractivity contribution in [2.24, 2.45) is 5.92 Å². The zero-order valence-electron chi connectivity index (χ0n) is 22.9. The second-order valence-corrected chi connectivity index (χ2v) is 12.9. The molecule has 1 spiro atoms. The molecule has 10 heteroatoms. The number of phenols is 1. The predicted molar refractivity (Wildman–Crippen MR) is 145 cm³/mol. The maximum atomic E-state index is 15.1. The summed E-state index contributed by atoms with van der Waals surface area (Å²) in [6, 6.07) is 10.4. The van der Waals surface area contributed by atoms with Crippen molar-refractivity contribution in [2.75, 3.05) is 13.1 Å². The number of hydrogen-bond acceptors (Lipinski definition) is 4. The zero-order valence-corrected chi connectivity index (χ0v) is 22.9. The molecule has 9 rings (SSSR count). The molecule has 0 radical (unpaired) electrons. The number of fused-ring (bicyclic) bond motifs is 4. The molecule has 1 saturated heterocycles. The van der Waals surface area contributed by atoms with Crippen LogP contribution in [-0.4, -0.2) is 44.4 Å². The molecular weight excluding hydrogens is 567 g/mol. The van der Waals surface area contributed by atoms with Crippen LogP contribution in [0.3, 0.4) is 0 Å². The summed E-state index contributed by atoms with van der Waals surface area (Å²) in [6.07, 6.45) is 2.80. The quantitative estimate of drug-likeness (QED) is 0.179. The first-order valence-electron chi connectivity index (χ1n) is 14.7. The van der Waals surface area contributed by atoms with E-state index in [1.54, 1.807) is 22.8 Å². The molecule has 1 saturated carbocycles. The summed E-state index contributed by atoms with van der Waals surface area (Å²) in [5.74, 6) is -9.12. The van der Waals surface area contributed by atoms with Gasteiger partial charge in [-0.2, -0.15) is 0 Å². The van der Waals surface area contributed by atoms with E-state index in [2.05, 4.69) is 4.90 Å². The highest BCUT2D eigenvalue weighted by molar-refractivity contribution is 5.87. The summed E-state index contributed by atoms with van der Waals surface area (Å²) in [5.41, 5.74) is 0.307. The van der Waals surface area contributed by atoms with E-state index in [0.717, 1.165) is 23.2 Å². The third-order valence-electron chi connectivity index (χ3n) is 10.9. The van der Waals surface area contributed by atoms with Crippen LogP contribution in [0.15, 0.2) is 36.4 Å². The van der Waals surface area contributed by atoms with Crippen molar-refractivity contribution < 1.29 is 36.9 Å². The van der Waals surface area contributed by atoms with Gasteiger partial charge in [0.2, 0.25) is 5.82 Å². The molecule has 2 fully saturated rings. The number of phenolic OH excluding ortho intramolecular Hbond substituents is 1. The molecule has 2 bridgehead atoms. The van der Waals surface area contributed by atoms with Gasteiger partial charge in [-0.05, 0) is 61.4 Å². The van der Waals surface area contributed by atoms with E-state index in [1.165, 1.54) is 12.8 Å². The van der Waals surface area contributed by atoms with Crippen molar-refractivity contribution in [3.8, 4) is 11.5 Å². The minimum absolute atomic E-state index is 0.0623. The van der Waals surface area contributed by atoms with Gasteiger partial charge in [0.1, 0.15) is 0 Å². The fourth-order valence-corrected chi connectivity index (χ4v) is 8.92. The Bertz CT molecular complexity index is 1870. The summed E-state index contributed by atoms with van der Waals surface area (Å²) >= 11 is 0. The predicted octanol–water partition coefficient (Wildman–Crippen LogP) is 5.79. The van der Waals surface area contributed by atoms with Gasteiger partial charge < -0.3 is 19.5 Å². The van der Waals surface area contributed by atoms with Gasteiger partial charge in [0.05, 0.1) is 23.3 Å². The molecule has 4 atom stereocenters.